The molecular formula is C22H23N3O3. The first-order valence-electron chi connectivity index (χ1n) is 9.56. The molecule has 1 atom stereocenters. The summed E-state index contributed by atoms with van der Waals surface area (Å²) in [6.07, 6.45) is 3.25. The fraction of sp³-hybridized carbons (Fsp3) is 0.318. The molecular weight excluding hydrogens is 354 g/mol. The molecule has 1 aliphatic heterocycles. The van der Waals surface area contributed by atoms with Crippen molar-refractivity contribution in [3.05, 3.63) is 54.1 Å². The topological polar surface area (TPSA) is 68.5 Å². The SMILES string of the molecule is COc1ccc(-c2noc(-c3ccccc3C(=O)N3CCCC[C@H]3C)n2)cc1. The van der Waals surface area contributed by atoms with Crippen LogP contribution in [0.5, 0.6) is 5.75 Å². The number of aromatic nitrogens is 2. The molecule has 6 nitrogen and oxygen atoms in total. The van der Waals surface area contributed by atoms with Crippen molar-refractivity contribution >= 4 is 5.91 Å². The van der Waals surface area contributed by atoms with Crippen LogP contribution < -0.4 is 4.74 Å². The molecule has 0 bridgehead atoms. The van der Waals surface area contributed by atoms with Gasteiger partial charge < -0.3 is 14.2 Å². The predicted octanol–water partition coefficient (Wildman–Crippen LogP) is 4.43. The van der Waals surface area contributed by atoms with E-state index < -0.39 is 0 Å². The summed E-state index contributed by atoms with van der Waals surface area (Å²) in [6.45, 7) is 2.89. The average molecular weight is 377 g/mol. The van der Waals surface area contributed by atoms with Crippen molar-refractivity contribution in [2.24, 2.45) is 0 Å². The van der Waals surface area contributed by atoms with Crippen LogP contribution in [-0.2, 0) is 0 Å². The van der Waals surface area contributed by atoms with E-state index in [-0.39, 0.29) is 11.9 Å². The van der Waals surface area contributed by atoms with Gasteiger partial charge in [0.1, 0.15) is 5.75 Å². The number of hydrogen-bond donors (Lipinski definition) is 0. The van der Waals surface area contributed by atoms with Crippen LogP contribution in [0.3, 0.4) is 0 Å². The van der Waals surface area contributed by atoms with Crippen LogP contribution in [0.1, 0.15) is 36.5 Å². The molecule has 2 heterocycles. The largest absolute Gasteiger partial charge is 0.497 e. The molecule has 144 valence electrons. The number of likely N-dealkylation sites (tertiary alicyclic amines) is 1. The van der Waals surface area contributed by atoms with Gasteiger partial charge in [-0.1, -0.05) is 17.3 Å². The molecule has 1 amide bonds. The van der Waals surface area contributed by atoms with Gasteiger partial charge in [0.25, 0.3) is 11.8 Å². The molecule has 0 unspecified atom stereocenters. The van der Waals surface area contributed by atoms with E-state index in [1.54, 1.807) is 7.11 Å². The maximum absolute atomic E-state index is 13.2. The highest BCUT2D eigenvalue weighted by molar-refractivity contribution is 6.00. The molecule has 1 aromatic heterocycles. The zero-order valence-corrected chi connectivity index (χ0v) is 16.1. The Morgan fingerprint density at radius 1 is 1.14 bits per heavy atom. The van der Waals surface area contributed by atoms with Gasteiger partial charge in [-0.15, -0.1) is 0 Å². The maximum atomic E-state index is 13.2. The Bertz CT molecular complexity index is 965. The van der Waals surface area contributed by atoms with Crippen molar-refractivity contribution in [1.29, 1.82) is 0 Å². The van der Waals surface area contributed by atoms with Crippen LogP contribution in [0.2, 0.25) is 0 Å². The number of nitrogens with zero attached hydrogens (tertiary/aromatic N) is 3. The summed E-state index contributed by atoms with van der Waals surface area (Å²) in [7, 11) is 1.62. The Balaban J connectivity index is 1.65. The minimum absolute atomic E-state index is 0.0204. The van der Waals surface area contributed by atoms with Gasteiger partial charge in [0.2, 0.25) is 5.82 Å². The van der Waals surface area contributed by atoms with E-state index in [9.17, 15) is 4.79 Å². The molecule has 4 rings (SSSR count). The first-order chi connectivity index (χ1) is 13.7. The Hall–Kier alpha value is -3.15. The second kappa shape index (κ2) is 7.84. The van der Waals surface area contributed by atoms with Crippen LogP contribution >= 0.6 is 0 Å². The van der Waals surface area contributed by atoms with Gasteiger partial charge in [-0.3, -0.25) is 4.79 Å². The highest BCUT2D eigenvalue weighted by Gasteiger charge is 2.27. The lowest BCUT2D eigenvalue weighted by atomic mass is 10.00. The van der Waals surface area contributed by atoms with Gasteiger partial charge in [-0.05, 0) is 62.6 Å². The third kappa shape index (κ3) is 3.50. The highest BCUT2D eigenvalue weighted by atomic mass is 16.5. The van der Waals surface area contributed by atoms with E-state index in [0.29, 0.717) is 22.8 Å². The predicted molar refractivity (Wildman–Crippen MR) is 106 cm³/mol. The summed E-state index contributed by atoms with van der Waals surface area (Å²) >= 11 is 0. The molecule has 1 saturated heterocycles. The molecule has 28 heavy (non-hydrogen) atoms. The Morgan fingerprint density at radius 3 is 2.68 bits per heavy atom. The summed E-state index contributed by atoms with van der Waals surface area (Å²) in [5.41, 5.74) is 2.09. The Labute approximate surface area is 164 Å². The summed E-state index contributed by atoms with van der Waals surface area (Å²) < 4.78 is 10.7. The first kappa shape index (κ1) is 18.2. The third-order valence-electron chi connectivity index (χ3n) is 5.23. The highest BCUT2D eigenvalue weighted by Crippen LogP contribution is 2.28. The Kier molecular flexibility index (Phi) is 5.10. The van der Waals surface area contributed by atoms with Gasteiger partial charge in [0.05, 0.1) is 18.2 Å². The van der Waals surface area contributed by atoms with Crippen LogP contribution in [0, 0.1) is 0 Å². The number of ether oxygens (including phenoxy) is 1. The lowest BCUT2D eigenvalue weighted by Gasteiger charge is -2.33. The number of benzene rings is 2. The molecule has 6 heteroatoms. The van der Waals surface area contributed by atoms with Crippen molar-refractivity contribution in [3.63, 3.8) is 0 Å². The van der Waals surface area contributed by atoms with Crippen LogP contribution in [0.15, 0.2) is 53.1 Å². The van der Waals surface area contributed by atoms with Gasteiger partial charge >= 0.3 is 0 Å². The lowest BCUT2D eigenvalue weighted by Crippen LogP contribution is -2.42. The quantitative estimate of drug-likeness (QED) is 0.673. The molecule has 1 fully saturated rings. The van der Waals surface area contributed by atoms with Crippen molar-refractivity contribution in [2.75, 3.05) is 13.7 Å². The van der Waals surface area contributed by atoms with Crippen molar-refractivity contribution in [3.8, 4) is 28.6 Å². The van der Waals surface area contributed by atoms with Gasteiger partial charge in [-0.25, -0.2) is 0 Å². The van der Waals surface area contributed by atoms with Gasteiger partial charge in [0, 0.05) is 18.2 Å². The van der Waals surface area contributed by atoms with E-state index in [1.165, 1.54) is 6.42 Å². The summed E-state index contributed by atoms with van der Waals surface area (Å²) in [6, 6.07) is 15.1. The number of piperidine rings is 1. The molecule has 0 N–H and O–H groups in total. The van der Waals surface area contributed by atoms with Gasteiger partial charge in [-0.2, -0.15) is 4.98 Å². The molecule has 0 saturated carbocycles. The summed E-state index contributed by atoms with van der Waals surface area (Å²) in [5, 5.41) is 4.09. The van der Waals surface area contributed by atoms with Crippen LogP contribution in [0.4, 0.5) is 0 Å². The monoisotopic (exact) mass is 377 g/mol. The van der Waals surface area contributed by atoms with E-state index in [2.05, 4.69) is 17.1 Å². The summed E-state index contributed by atoms with van der Waals surface area (Å²) in [5.74, 6) is 1.61. The molecule has 2 aromatic carbocycles. The van der Waals surface area contributed by atoms with Gasteiger partial charge in [0.15, 0.2) is 0 Å². The molecule has 3 aromatic rings. The Morgan fingerprint density at radius 2 is 1.93 bits per heavy atom. The summed E-state index contributed by atoms with van der Waals surface area (Å²) in [4.78, 5) is 19.6. The standard InChI is InChI=1S/C22H23N3O3/c1-15-7-5-6-14-25(15)22(26)19-9-4-3-8-18(19)21-23-20(24-28-21)16-10-12-17(27-2)13-11-16/h3-4,8-13,15H,5-7,14H2,1-2H3/t15-/m1/s1. The first-order valence-corrected chi connectivity index (χ1v) is 9.56. The number of hydrogen-bond acceptors (Lipinski definition) is 5. The van der Waals surface area contributed by atoms with E-state index >= 15 is 0 Å². The van der Waals surface area contributed by atoms with E-state index in [0.717, 1.165) is 30.7 Å². The fourth-order valence-electron chi connectivity index (χ4n) is 3.60. The van der Waals surface area contributed by atoms with Crippen molar-refractivity contribution in [2.45, 2.75) is 32.2 Å². The van der Waals surface area contributed by atoms with Crippen LogP contribution in [0.25, 0.3) is 22.8 Å². The second-order valence-electron chi connectivity index (χ2n) is 7.04. The van der Waals surface area contributed by atoms with Crippen LogP contribution in [-0.4, -0.2) is 40.6 Å². The fourth-order valence-corrected chi connectivity index (χ4v) is 3.60. The number of carbonyl (C=O) groups excluding carboxylic acids is 1. The van der Waals surface area contributed by atoms with Crippen molar-refractivity contribution in [1.82, 2.24) is 15.0 Å². The zero-order chi connectivity index (χ0) is 19.5. The van der Waals surface area contributed by atoms with E-state index in [1.807, 2.05) is 53.4 Å². The number of carbonyl (C=O) groups is 1. The number of amides is 1. The minimum Gasteiger partial charge on any atom is -0.497 e. The normalized spacial score (nSPS) is 16.8. The third-order valence-corrected chi connectivity index (χ3v) is 5.23. The number of rotatable bonds is 4. The second-order valence-corrected chi connectivity index (χ2v) is 7.04. The van der Waals surface area contributed by atoms with E-state index in [4.69, 9.17) is 9.26 Å². The van der Waals surface area contributed by atoms with Crippen molar-refractivity contribution < 1.29 is 14.1 Å². The average Bonchev–Trinajstić information content (AvgIpc) is 3.24. The maximum Gasteiger partial charge on any atom is 0.259 e. The molecule has 0 spiro atoms. The lowest BCUT2D eigenvalue weighted by molar-refractivity contribution is 0.0636. The zero-order valence-electron chi connectivity index (χ0n) is 16.1. The number of methoxy groups -OCH3 is 1. The minimum atomic E-state index is 0.0204. The molecule has 1 aliphatic rings. The molecule has 0 aliphatic carbocycles. The molecule has 0 radical (unpaired) electrons. The smallest absolute Gasteiger partial charge is 0.259 e.